The van der Waals surface area contributed by atoms with Crippen LogP contribution in [0.4, 0.5) is 0 Å². The lowest BCUT2D eigenvalue weighted by molar-refractivity contribution is -0.134. The van der Waals surface area contributed by atoms with Crippen molar-refractivity contribution in [1.82, 2.24) is 9.80 Å². The number of carbonyl (C=O) groups is 3. The summed E-state index contributed by atoms with van der Waals surface area (Å²) in [5, 5.41) is 0. The van der Waals surface area contributed by atoms with Crippen LogP contribution >= 0.6 is 11.8 Å². The number of sulfone groups is 1. The average molecular weight is 455 g/mol. The van der Waals surface area contributed by atoms with Crippen LogP contribution in [-0.2, 0) is 24.2 Å². The van der Waals surface area contributed by atoms with Gasteiger partial charge in [-0.3, -0.25) is 9.59 Å². The molecule has 2 amide bonds. The van der Waals surface area contributed by atoms with E-state index in [1.165, 1.54) is 23.7 Å². The first-order chi connectivity index (χ1) is 14.3. The molecule has 8 nitrogen and oxygen atoms in total. The number of carbonyl (C=O) groups excluding carboxylic acids is 3. The van der Waals surface area contributed by atoms with Gasteiger partial charge in [-0.25, -0.2) is 13.2 Å². The Balaban J connectivity index is 1.53. The van der Waals surface area contributed by atoms with Crippen molar-refractivity contribution in [3.63, 3.8) is 0 Å². The second-order valence-corrected chi connectivity index (χ2v) is 10.8. The Bertz CT molecular complexity index is 912. The summed E-state index contributed by atoms with van der Waals surface area (Å²) in [6.45, 7) is 1.10. The number of hydrogen-bond donors (Lipinski definition) is 0. The first kappa shape index (κ1) is 22.6. The molecule has 0 aromatic heterocycles. The molecule has 0 aliphatic carbocycles. The molecular weight excluding hydrogens is 428 g/mol. The molecule has 0 N–H and O–H groups in total. The monoisotopic (exact) mass is 454 g/mol. The van der Waals surface area contributed by atoms with Crippen molar-refractivity contribution >= 4 is 39.4 Å². The second-order valence-electron chi connectivity index (χ2n) is 7.51. The van der Waals surface area contributed by atoms with Crippen molar-refractivity contribution in [3.05, 3.63) is 29.8 Å². The minimum atomic E-state index is -3.11. The molecule has 1 atom stereocenters. The first-order valence-corrected chi connectivity index (χ1v) is 12.7. The molecule has 30 heavy (non-hydrogen) atoms. The maximum Gasteiger partial charge on any atom is 0.339 e. The molecule has 2 heterocycles. The van der Waals surface area contributed by atoms with Gasteiger partial charge in [0.25, 0.3) is 5.91 Å². The highest BCUT2D eigenvalue weighted by molar-refractivity contribution is 8.00. The van der Waals surface area contributed by atoms with Gasteiger partial charge in [0.15, 0.2) is 16.4 Å². The molecule has 0 unspecified atom stereocenters. The lowest BCUT2D eigenvalue weighted by Gasteiger charge is -2.23. The number of nitrogens with zero attached hydrogens (tertiary/aromatic N) is 2. The van der Waals surface area contributed by atoms with Gasteiger partial charge in [-0.05, 0) is 31.4 Å². The SMILES string of the molecule is CN(C(=O)COC(=O)c1ccccc1SCC(=O)N1CCCC1)[C@@H]1CCS(=O)(=O)C1. The van der Waals surface area contributed by atoms with Gasteiger partial charge in [0.05, 0.1) is 22.8 Å². The minimum Gasteiger partial charge on any atom is -0.452 e. The second kappa shape index (κ2) is 9.82. The molecule has 0 radical (unpaired) electrons. The van der Waals surface area contributed by atoms with Crippen molar-refractivity contribution in [2.75, 3.05) is 44.0 Å². The Morgan fingerprint density at radius 3 is 2.57 bits per heavy atom. The number of benzene rings is 1. The Kier molecular flexibility index (Phi) is 7.41. The zero-order chi connectivity index (χ0) is 21.7. The molecule has 164 valence electrons. The van der Waals surface area contributed by atoms with Crippen LogP contribution in [0.2, 0.25) is 0 Å². The third-order valence-corrected chi connectivity index (χ3v) is 8.20. The van der Waals surface area contributed by atoms with Crippen molar-refractivity contribution in [1.29, 1.82) is 0 Å². The zero-order valence-corrected chi connectivity index (χ0v) is 18.5. The Hall–Kier alpha value is -2.07. The van der Waals surface area contributed by atoms with E-state index < -0.39 is 28.3 Å². The Labute approximate surface area is 180 Å². The van der Waals surface area contributed by atoms with E-state index in [2.05, 4.69) is 0 Å². The molecule has 0 spiro atoms. The highest BCUT2D eigenvalue weighted by atomic mass is 32.2. The smallest absolute Gasteiger partial charge is 0.339 e. The molecule has 2 fully saturated rings. The third-order valence-electron chi connectivity index (χ3n) is 5.39. The van der Waals surface area contributed by atoms with Crippen LogP contribution in [0.15, 0.2) is 29.2 Å². The zero-order valence-electron chi connectivity index (χ0n) is 16.9. The minimum absolute atomic E-state index is 0.0454. The average Bonchev–Trinajstić information content (AvgIpc) is 3.39. The van der Waals surface area contributed by atoms with Crippen LogP contribution in [0.1, 0.15) is 29.6 Å². The lowest BCUT2D eigenvalue weighted by Crippen LogP contribution is -2.40. The predicted molar refractivity (Wildman–Crippen MR) is 113 cm³/mol. The number of hydrogen-bond acceptors (Lipinski definition) is 7. The fourth-order valence-electron chi connectivity index (χ4n) is 3.55. The molecule has 2 saturated heterocycles. The Morgan fingerprint density at radius 1 is 1.20 bits per heavy atom. The van der Waals surface area contributed by atoms with E-state index in [9.17, 15) is 22.8 Å². The standard InChI is InChI=1S/C20H26N2O6S2/c1-21(15-8-11-30(26,27)14-15)18(23)12-28-20(25)16-6-2-3-7-17(16)29-13-19(24)22-9-4-5-10-22/h2-3,6-7,15H,4-5,8-14H2,1H3/t15-/m1/s1. The number of likely N-dealkylation sites (tertiary alicyclic amines) is 1. The topological polar surface area (TPSA) is 101 Å². The number of esters is 1. The largest absolute Gasteiger partial charge is 0.452 e. The number of rotatable bonds is 7. The van der Waals surface area contributed by atoms with E-state index >= 15 is 0 Å². The number of amides is 2. The van der Waals surface area contributed by atoms with Crippen molar-refractivity contribution in [3.8, 4) is 0 Å². The molecule has 0 saturated carbocycles. The van der Waals surface area contributed by atoms with Crippen molar-refractivity contribution < 1.29 is 27.5 Å². The summed E-state index contributed by atoms with van der Waals surface area (Å²) in [4.78, 5) is 40.9. The van der Waals surface area contributed by atoms with Crippen LogP contribution in [0.25, 0.3) is 0 Å². The summed E-state index contributed by atoms with van der Waals surface area (Å²) < 4.78 is 28.4. The molecule has 10 heteroatoms. The number of thioether (sulfide) groups is 1. The fraction of sp³-hybridized carbons (Fsp3) is 0.550. The van der Waals surface area contributed by atoms with Crippen LogP contribution in [-0.4, -0.2) is 86.0 Å². The summed E-state index contributed by atoms with van der Waals surface area (Å²) >= 11 is 1.28. The molecular formula is C20H26N2O6S2. The summed E-state index contributed by atoms with van der Waals surface area (Å²) in [6.07, 6.45) is 2.44. The molecule has 2 aliphatic heterocycles. The van der Waals surface area contributed by atoms with Gasteiger partial charge in [0.2, 0.25) is 5.91 Å². The molecule has 2 aliphatic rings. The van der Waals surface area contributed by atoms with Crippen LogP contribution in [0.3, 0.4) is 0 Å². The van der Waals surface area contributed by atoms with E-state index in [0.29, 0.717) is 16.9 Å². The van der Waals surface area contributed by atoms with E-state index in [1.807, 2.05) is 4.90 Å². The van der Waals surface area contributed by atoms with Gasteiger partial charge < -0.3 is 14.5 Å². The molecule has 1 aromatic carbocycles. The van der Waals surface area contributed by atoms with Gasteiger partial charge in [-0.2, -0.15) is 0 Å². The van der Waals surface area contributed by atoms with E-state index in [4.69, 9.17) is 4.74 Å². The van der Waals surface area contributed by atoms with E-state index in [0.717, 1.165) is 25.9 Å². The van der Waals surface area contributed by atoms with Gasteiger partial charge in [0, 0.05) is 31.1 Å². The van der Waals surface area contributed by atoms with Crippen LogP contribution in [0.5, 0.6) is 0 Å². The van der Waals surface area contributed by atoms with Crippen LogP contribution in [0, 0.1) is 0 Å². The fourth-order valence-corrected chi connectivity index (χ4v) is 6.27. The van der Waals surface area contributed by atoms with Gasteiger partial charge in [-0.1, -0.05) is 12.1 Å². The van der Waals surface area contributed by atoms with Gasteiger partial charge >= 0.3 is 5.97 Å². The summed E-state index contributed by atoms with van der Waals surface area (Å²) in [7, 11) is -1.59. The van der Waals surface area contributed by atoms with Gasteiger partial charge in [-0.15, -0.1) is 11.8 Å². The first-order valence-electron chi connectivity index (χ1n) is 9.89. The highest BCUT2D eigenvalue weighted by Gasteiger charge is 2.33. The normalized spacial score (nSPS) is 20.2. The lowest BCUT2D eigenvalue weighted by atomic mass is 10.2. The number of likely N-dealkylation sites (N-methyl/N-ethyl adjacent to an activating group) is 1. The van der Waals surface area contributed by atoms with E-state index in [1.54, 1.807) is 24.3 Å². The van der Waals surface area contributed by atoms with Gasteiger partial charge in [0.1, 0.15) is 0 Å². The molecule has 1 aromatic rings. The Morgan fingerprint density at radius 2 is 1.90 bits per heavy atom. The summed E-state index contributed by atoms with van der Waals surface area (Å²) in [5.74, 6) is -0.803. The molecule has 3 rings (SSSR count). The summed E-state index contributed by atoms with van der Waals surface area (Å²) in [5.41, 5.74) is 0.301. The maximum atomic E-state index is 12.5. The highest BCUT2D eigenvalue weighted by Crippen LogP contribution is 2.24. The molecule has 0 bridgehead atoms. The maximum absolute atomic E-state index is 12.5. The number of ether oxygens (including phenoxy) is 1. The van der Waals surface area contributed by atoms with Crippen molar-refractivity contribution in [2.24, 2.45) is 0 Å². The summed E-state index contributed by atoms with van der Waals surface area (Å²) in [6, 6.07) is 6.43. The quantitative estimate of drug-likeness (QED) is 0.451. The van der Waals surface area contributed by atoms with Crippen LogP contribution < -0.4 is 0 Å². The predicted octanol–water partition coefficient (Wildman–Crippen LogP) is 1.20. The van der Waals surface area contributed by atoms with Crippen molar-refractivity contribution in [2.45, 2.75) is 30.2 Å². The third kappa shape index (κ3) is 5.75. The van der Waals surface area contributed by atoms with E-state index in [-0.39, 0.29) is 29.2 Å².